The molecule has 1 N–H and O–H groups in total. The Morgan fingerprint density at radius 1 is 1.25 bits per heavy atom. The van der Waals surface area contributed by atoms with Crippen molar-refractivity contribution in [3.05, 3.63) is 33.9 Å². The van der Waals surface area contributed by atoms with E-state index in [1.54, 1.807) is 0 Å². The monoisotopic (exact) mass is 390 g/mol. The van der Waals surface area contributed by atoms with Crippen LogP contribution in [0.3, 0.4) is 0 Å². The third-order valence-corrected chi connectivity index (χ3v) is 8.87. The summed E-state index contributed by atoms with van der Waals surface area (Å²) in [6, 6.07) is 0. The average molecular weight is 391 g/mol. The molecule has 130 valence electrons. The van der Waals surface area contributed by atoms with Gasteiger partial charge in [-0.1, -0.05) is 26.0 Å². The van der Waals surface area contributed by atoms with E-state index in [9.17, 15) is 9.90 Å². The van der Waals surface area contributed by atoms with Crippen LogP contribution in [0.2, 0.25) is 0 Å². The van der Waals surface area contributed by atoms with Crippen molar-refractivity contribution in [2.24, 2.45) is 28.6 Å². The van der Waals surface area contributed by atoms with Crippen LogP contribution in [0, 0.1) is 28.6 Å². The number of fused-ring (bicyclic) bond motifs is 5. The smallest absolute Gasteiger partial charge is 0.193 e. The average Bonchev–Trinajstić information content (AvgIpc) is 2.81. The molecule has 4 rings (SSSR count). The Morgan fingerprint density at radius 2 is 1.96 bits per heavy atom. The van der Waals surface area contributed by atoms with E-state index in [1.807, 2.05) is 6.08 Å². The first-order chi connectivity index (χ1) is 11.2. The number of carbonyl (C=O) groups is 1. The van der Waals surface area contributed by atoms with E-state index < -0.39 is 0 Å². The van der Waals surface area contributed by atoms with Crippen LogP contribution in [0.1, 0.15) is 52.9 Å². The van der Waals surface area contributed by atoms with Gasteiger partial charge in [-0.25, -0.2) is 0 Å². The number of halogens is 1. The van der Waals surface area contributed by atoms with Gasteiger partial charge in [0, 0.05) is 5.41 Å². The molecule has 2 nitrogen and oxygen atoms in total. The molecule has 24 heavy (non-hydrogen) atoms. The summed E-state index contributed by atoms with van der Waals surface area (Å²) in [6.45, 7) is 11.1. The van der Waals surface area contributed by atoms with Crippen molar-refractivity contribution >= 4 is 21.7 Å². The molecule has 3 fully saturated rings. The predicted octanol–water partition coefficient (Wildman–Crippen LogP) is 4.93. The fourth-order valence-electron chi connectivity index (χ4n) is 6.61. The highest BCUT2D eigenvalue weighted by molar-refractivity contribution is 9.12. The number of hydrogen-bond acceptors (Lipinski definition) is 2. The Labute approximate surface area is 153 Å². The largest absolute Gasteiger partial charge is 0.393 e. The quantitative estimate of drug-likeness (QED) is 0.636. The Morgan fingerprint density at radius 3 is 2.67 bits per heavy atom. The molecule has 0 heterocycles. The van der Waals surface area contributed by atoms with Gasteiger partial charge in [-0.3, -0.25) is 4.79 Å². The molecule has 0 radical (unpaired) electrons. The summed E-state index contributed by atoms with van der Waals surface area (Å²) in [7, 11) is 0. The molecule has 0 aromatic carbocycles. The zero-order valence-electron chi connectivity index (χ0n) is 14.9. The van der Waals surface area contributed by atoms with Crippen LogP contribution in [0.5, 0.6) is 0 Å². The van der Waals surface area contributed by atoms with E-state index in [1.165, 1.54) is 5.57 Å². The van der Waals surface area contributed by atoms with E-state index in [0.29, 0.717) is 17.8 Å². The summed E-state index contributed by atoms with van der Waals surface area (Å²) in [4.78, 5) is 12.3. The summed E-state index contributed by atoms with van der Waals surface area (Å²) in [5.74, 6) is 1.76. The standard InChI is InChI=1S/C21H27BrO2/c1-11-9-13-14-5-6-17(24)20(14,3)8-7-15(13)21(4)12(2)10-16(23)19(22)18(11)21/h10,13-15,17,24H,1,5-9H2,2-4H3/t13-,14-,15-,17-,20-,21+/m0/s1. The van der Waals surface area contributed by atoms with Crippen LogP contribution < -0.4 is 0 Å². The first kappa shape index (κ1) is 16.8. The Kier molecular flexibility index (Phi) is 3.61. The molecule has 4 aliphatic rings. The highest BCUT2D eigenvalue weighted by Gasteiger charge is 2.60. The minimum Gasteiger partial charge on any atom is -0.393 e. The molecule has 0 spiro atoms. The molecule has 6 atom stereocenters. The number of aliphatic hydroxyl groups excluding tert-OH is 1. The molecule has 4 aliphatic carbocycles. The maximum atomic E-state index is 12.3. The molecule has 0 aromatic heterocycles. The summed E-state index contributed by atoms with van der Waals surface area (Å²) < 4.78 is 0.721. The number of allylic oxidation sites excluding steroid dienone is 5. The molecular weight excluding hydrogens is 364 g/mol. The van der Waals surface area contributed by atoms with Crippen molar-refractivity contribution in [1.29, 1.82) is 0 Å². The molecule has 3 heteroatoms. The van der Waals surface area contributed by atoms with Gasteiger partial charge in [0.15, 0.2) is 5.78 Å². The first-order valence-electron chi connectivity index (χ1n) is 9.21. The SMILES string of the molecule is C=C1C[C@@H]2[C@H](CC[C@]3(C)[C@@H](O)CC[C@@H]23)[C@@]2(C)C(C)=CC(=O)C(Br)=C12. The summed E-state index contributed by atoms with van der Waals surface area (Å²) in [6.07, 6.45) is 6.92. The van der Waals surface area contributed by atoms with Gasteiger partial charge in [-0.15, -0.1) is 0 Å². The fourth-order valence-corrected chi connectivity index (χ4v) is 7.41. The van der Waals surface area contributed by atoms with Crippen LogP contribution in [-0.2, 0) is 4.79 Å². The minimum absolute atomic E-state index is 0.0678. The van der Waals surface area contributed by atoms with Crippen molar-refractivity contribution in [3.8, 4) is 0 Å². The summed E-state index contributed by atoms with van der Waals surface area (Å²) in [5.41, 5.74) is 3.43. The van der Waals surface area contributed by atoms with Gasteiger partial charge in [-0.2, -0.15) is 0 Å². The second kappa shape index (κ2) is 5.17. The lowest BCUT2D eigenvalue weighted by Gasteiger charge is -2.58. The van der Waals surface area contributed by atoms with Crippen molar-refractivity contribution in [3.63, 3.8) is 0 Å². The van der Waals surface area contributed by atoms with Crippen LogP contribution >= 0.6 is 15.9 Å². The topological polar surface area (TPSA) is 37.3 Å². The maximum Gasteiger partial charge on any atom is 0.193 e. The highest BCUT2D eigenvalue weighted by atomic mass is 79.9. The van der Waals surface area contributed by atoms with Crippen molar-refractivity contribution in [2.75, 3.05) is 0 Å². The van der Waals surface area contributed by atoms with Crippen LogP contribution in [-0.4, -0.2) is 17.0 Å². The van der Waals surface area contributed by atoms with Gasteiger partial charge in [0.25, 0.3) is 0 Å². The van der Waals surface area contributed by atoms with Crippen LogP contribution in [0.15, 0.2) is 33.9 Å². The number of carbonyl (C=O) groups excluding carboxylic acids is 1. The van der Waals surface area contributed by atoms with E-state index in [0.717, 1.165) is 47.7 Å². The van der Waals surface area contributed by atoms with Gasteiger partial charge in [0.05, 0.1) is 10.6 Å². The van der Waals surface area contributed by atoms with Crippen LogP contribution in [0.4, 0.5) is 0 Å². The predicted molar refractivity (Wildman–Crippen MR) is 99.6 cm³/mol. The number of hydrogen-bond donors (Lipinski definition) is 1. The molecule has 0 saturated heterocycles. The zero-order chi connectivity index (χ0) is 17.4. The Hall–Kier alpha value is -0.670. The second-order valence-corrected chi connectivity index (χ2v) is 9.70. The third kappa shape index (κ3) is 1.89. The van der Waals surface area contributed by atoms with E-state index in [2.05, 4.69) is 43.3 Å². The van der Waals surface area contributed by atoms with Crippen LogP contribution in [0.25, 0.3) is 0 Å². The normalized spacial score (nSPS) is 48.0. The van der Waals surface area contributed by atoms with E-state index in [4.69, 9.17) is 0 Å². The zero-order valence-corrected chi connectivity index (χ0v) is 16.4. The lowest BCUT2D eigenvalue weighted by Crippen LogP contribution is -2.52. The van der Waals surface area contributed by atoms with Gasteiger partial charge >= 0.3 is 0 Å². The van der Waals surface area contributed by atoms with Gasteiger partial charge in [0.1, 0.15) is 0 Å². The molecule has 3 saturated carbocycles. The molecule has 0 unspecified atom stereocenters. The Balaban J connectivity index is 1.83. The van der Waals surface area contributed by atoms with Crippen molar-refractivity contribution < 1.29 is 9.90 Å². The highest BCUT2D eigenvalue weighted by Crippen LogP contribution is 2.67. The second-order valence-electron chi connectivity index (χ2n) is 8.91. The van der Waals surface area contributed by atoms with Gasteiger partial charge < -0.3 is 5.11 Å². The number of aliphatic hydroxyl groups is 1. The molecule has 0 aromatic rings. The molecule has 0 bridgehead atoms. The van der Waals surface area contributed by atoms with Gasteiger partial charge in [0.2, 0.25) is 0 Å². The third-order valence-electron chi connectivity index (χ3n) is 8.09. The van der Waals surface area contributed by atoms with E-state index in [-0.39, 0.29) is 22.7 Å². The maximum absolute atomic E-state index is 12.3. The van der Waals surface area contributed by atoms with Crippen molar-refractivity contribution in [1.82, 2.24) is 0 Å². The first-order valence-corrected chi connectivity index (χ1v) is 10.00. The molecule has 0 amide bonds. The lowest BCUT2D eigenvalue weighted by molar-refractivity contribution is -0.111. The number of rotatable bonds is 0. The summed E-state index contributed by atoms with van der Waals surface area (Å²) in [5, 5.41) is 10.6. The molecule has 0 aliphatic heterocycles. The summed E-state index contributed by atoms with van der Waals surface area (Å²) >= 11 is 3.58. The van der Waals surface area contributed by atoms with Gasteiger partial charge in [-0.05, 0) is 95.3 Å². The minimum atomic E-state index is -0.155. The number of ketones is 1. The van der Waals surface area contributed by atoms with Crippen molar-refractivity contribution in [2.45, 2.75) is 59.0 Å². The Bertz CT molecular complexity index is 703. The lowest BCUT2D eigenvalue weighted by atomic mass is 9.46. The fraction of sp³-hybridized carbons (Fsp3) is 0.667. The molecular formula is C21H27BrO2. The van der Waals surface area contributed by atoms with E-state index >= 15 is 0 Å².